The lowest BCUT2D eigenvalue weighted by Gasteiger charge is -2.31. The number of nitrogens with one attached hydrogen (secondary N) is 3. The number of rotatable bonds is 7. The van der Waals surface area contributed by atoms with E-state index in [9.17, 15) is 9.59 Å². The number of allylic oxidation sites excluding steroid dienone is 1. The van der Waals surface area contributed by atoms with Crippen LogP contribution in [-0.4, -0.2) is 80.7 Å². The molecule has 0 aromatic heterocycles. The first-order valence-electron chi connectivity index (χ1n) is 13.1. The molecule has 1 saturated carbocycles. The molecule has 4 rings (SSSR count). The first-order chi connectivity index (χ1) is 17.9. The van der Waals surface area contributed by atoms with Crippen LogP contribution < -0.4 is 20.7 Å². The van der Waals surface area contributed by atoms with Gasteiger partial charge >= 0.3 is 0 Å². The molecule has 10 heteroatoms. The second-order valence-electron chi connectivity index (χ2n) is 9.95. The average Bonchev–Trinajstić information content (AvgIpc) is 3.63. The van der Waals surface area contributed by atoms with E-state index < -0.39 is 0 Å². The molecule has 3 aliphatic rings. The number of hydrogen-bond donors (Lipinski definition) is 3. The Labute approximate surface area is 219 Å². The summed E-state index contributed by atoms with van der Waals surface area (Å²) < 4.78 is 5.58. The Morgan fingerprint density at radius 3 is 2.73 bits per heavy atom. The first kappa shape index (κ1) is 26.7. The molecule has 1 aromatic rings. The van der Waals surface area contributed by atoms with Gasteiger partial charge in [0.05, 0.1) is 18.5 Å². The van der Waals surface area contributed by atoms with Gasteiger partial charge in [-0.3, -0.25) is 9.59 Å². The van der Waals surface area contributed by atoms with Crippen molar-refractivity contribution in [1.82, 2.24) is 20.4 Å². The van der Waals surface area contributed by atoms with E-state index in [-0.39, 0.29) is 11.8 Å². The molecule has 0 unspecified atom stereocenters. The molecule has 200 valence electrons. The number of benzene rings is 1. The van der Waals surface area contributed by atoms with E-state index in [1.807, 2.05) is 6.92 Å². The molecular weight excluding hydrogens is 470 g/mol. The second-order valence-corrected chi connectivity index (χ2v) is 9.95. The Kier molecular flexibility index (Phi) is 8.81. The molecule has 10 nitrogen and oxygen atoms in total. The molecule has 2 fully saturated rings. The van der Waals surface area contributed by atoms with E-state index in [2.05, 4.69) is 32.6 Å². The summed E-state index contributed by atoms with van der Waals surface area (Å²) in [5.41, 5.74) is 1.93. The largest absolute Gasteiger partial charge is 0.495 e. The highest BCUT2D eigenvalue weighted by atomic mass is 16.5. The quantitative estimate of drug-likeness (QED) is 0.385. The highest BCUT2D eigenvalue weighted by Crippen LogP contribution is 2.31. The van der Waals surface area contributed by atoms with Crippen LogP contribution in [0.5, 0.6) is 5.75 Å². The smallest absolute Gasteiger partial charge is 0.251 e. The zero-order valence-electron chi connectivity index (χ0n) is 22.2. The fourth-order valence-corrected chi connectivity index (χ4v) is 5.24. The number of amides is 2. The maximum atomic E-state index is 12.7. The fourth-order valence-electron chi connectivity index (χ4n) is 5.24. The van der Waals surface area contributed by atoms with Crippen molar-refractivity contribution in [2.45, 2.75) is 51.5 Å². The molecule has 0 bridgehead atoms. The van der Waals surface area contributed by atoms with Gasteiger partial charge in [-0.1, -0.05) is 12.8 Å². The molecule has 3 N–H and O–H groups in total. The third kappa shape index (κ3) is 6.30. The maximum Gasteiger partial charge on any atom is 0.251 e. The Morgan fingerprint density at radius 1 is 1.27 bits per heavy atom. The van der Waals surface area contributed by atoms with Gasteiger partial charge in [0.25, 0.3) is 5.91 Å². The molecule has 1 saturated heterocycles. The number of aliphatic imine (C=N–C) groups is 2. The molecule has 1 atom stereocenters. The van der Waals surface area contributed by atoms with Gasteiger partial charge in [-0.05, 0) is 70.1 Å². The molecular formula is C27H39N7O3. The number of nitrogens with zero attached hydrogens (tertiary/aromatic N) is 4. The zero-order valence-corrected chi connectivity index (χ0v) is 22.2. The summed E-state index contributed by atoms with van der Waals surface area (Å²) in [5.74, 6) is 1.93. The van der Waals surface area contributed by atoms with E-state index in [1.54, 1.807) is 37.3 Å². The van der Waals surface area contributed by atoms with E-state index in [4.69, 9.17) is 9.73 Å². The number of hydrogen-bond acceptors (Lipinski definition) is 6. The van der Waals surface area contributed by atoms with Gasteiger partial charge in [-0.2, -0.15) is 4.99 Å². The van der Waals surface area contributed by atoms with Crippen LogP contribution >= 0.6 is 0 Å². The number of carbonyl (C=O) groups excluding carboxylic acids is 2. The van der Waals surface area contributed by atoms with Crippen LogP contribution in [0.2, 0.25) is 0 Å². The number of ether oxygens (including phenoxy) is 1. The third-order valence-corrected chi connectivity index (χ3v) is 7.59. The second kappa shape index (κ2) is 12.2. The normalized spacial score (nSPS) is 21.3. The zero-order chi connectivity index (χ0) is 26.4. The lowest BCUT2D eigenvalue weighted by Crippen LogP contribution is -2.33. The molecule has 2 heterocycles. The minimum absolute atomic E-state index is 0.0755. The number of guanidine groups is 1. The van der Waals surface area contributed by atoms with Crippen molar-refractivity contribution in [3.05, 3.63) is 35.3 Å². The monoisotopic (exact) mass is 509 g/mol. The van der Waals surface area contributed by atoms with Crippen LogP contribution in [0.15, 0.2) is 39.7 Å². The number of anilines is 1. The predicted molar refractivity (Wildman–Crippen MR) is 146 cm³/mol. The molecule has 37 heavy (non-hydrogen) atoms. The first-order valence-corrected chi connectivity index (χ1v) is 13.1. The summed E-state index contributed by atoms with van der Waals surface area (Å²) in [4.78, 5) is 38.2. The Bertz CT molecular complexity index is 1070. The fraction of sp³-hybridized carbons (Fsp3) is 0.556. The molecule has 1 aromatic carbocycles. The predicted octanol–water partition coefficient (Wildman–Crippen LogP) is 2.80. The minimum Gasteiger partial charge on any atom is -0.495 e. The molecule has 2 amide bonds. The van der Waals surface area contributed by atoms with E-state index in [0.717, 1.165) is 43.9 Å². The van der Waals surface area contributed by atoms with Crippen LogP contribution in [-0.2, 0) is 4.79 Å². The highest BCUT2D eigenvalue weighted by molar-refractivity contribution is 6.00. The molecule has 0 spiro atoms. The van der Waals surface area contributed by atoms with Crippen LogP contribution in [0.1, 0.15) is 55.8 Å². The van der Waals surface area contributed by atoms with Gasteiger partial charge in [0, 0.05) is 38.2 Å². The van der Waals surface area contributed by atoms with Gasteiger partial charge in [-0.25, -0.2) is 4.99 Å². The van der Waals surface area contributed by atoms with E-state index >= 15 is 0 Å². The maximum absolute atomic E-state index is 12.7. The minimum atomic E-state index is -0.133. The summed E-state index contributed by atoms with van der Waals surface area (Å²) in [5, 5.41) is 9.54. The van der Waals surface area contributed by atoms with Gasteiger partial charge in [0.15, 0.2) is 5.82 Å². The number of carbonyl (C=O) groups is 2. The summed E-state index contributed by atoms with van der Waals surface area (Å²) >= 11 is 0. The lowest BCUT2D eigenvalue weighted by molar-refractivity contribution is -0.127. The van der Waals surface area contributed by atoms with E-state index in [0.29, 0.717) is 54.4 Å². The summed E-state index contributed by atoms with van der Waals surface area (Å²) in [6.45, 7) is 8.83. The van der Waals surface area contributed by atoms with Crippen LogP contribution in [0.25, 0.3) is 0 Å². The average molecular weight is 510 g/mol. The lowest BCUT2D eigenvalue weighted by atomic mass is 10.1. The Morgan fingerprint density at radius 2 is 2.05 bits per heavy atom. The van der Waals surface area contributed by atoms with Crippen LogP contribution in [0.4, 0.5) is 5.69 Å². The van der Waals surface area contributed by atoms with Crippen molar-refractivity contribution in [2.24, 2.45) is 15.9 Å². The van der Waals surface area contributed by atoms with Gasteiger partial charge in [0.1, 0.15) is 5.75 Å². The van der Waals surface area contributed by atoms with Gasteiger partial charge in [-0.15, -0.1) is 0 Å². The van der Waals surface area contributed by atoms with Crippen LogP contribution in [0, 0.1) is 5.92 Å². The third-order valence-electron chi connectivity index (χ3n) is 7.59. The van der Waals surface area contributed by atoms with Crippen molar-refractivity contribution in [3.63, 3.8) is 0 Å². The Balaban J connectivity index is 1.55. The van der Waals surface area contributed by atoms with Crippen molar-refractivity contribution in [3.8, 4) is 5.75 Å². The van der Waals surface area contributed by atoms with Gasteiger partial charge < -0.3 is 30.5 Å². The molecule has 2 aliphatic heterocycles. The van der Waals surface area contributed by atoms with Crippen molar-refractivity contribution in [1.29, 1.82) is 0 Å². The van der Waals surface area contributed by atoms with Crippen molar-refractivity contribution in [2.75, 3.05) is 45.7 Å². The number of methoxy groups -OCH3 is 1. The molecule has 1 aliphatic carbocycles. The standard InChI is InChI=1S/C27H39N7O3/c1-18-25(34(21-7-5-6-8-21)14-12-24(35)33(18)3)32-27(28-2)31-22-10-9-20(15-23(22)37-4)26(36)30-17-19-11-13-29-16-19/h9-10,15,19,21,29H,2,5-8,11-14,16-17H2,1,3-4H3,(H,30,36)(H,31,32)/t19-/m1/s1. The summed E-state index contributed by atoms with van der Waals surface area (Å²) in [7, 11) is 3.35. The Hall–Kier alpha value is -3.40. The molecule has 0 radical (unpaired) electrons. The highest BCUT2D eigenvalue weighted by Gasteiger charge is 2.31. The van der Waals surface area contributed by atoms with Crippen molar-refractivity contribution < 1.29 is 14.3 Å². The topological polar surface area (TPSA) is 111 Å². The summed E-state index contributed by atoms with van der Waals surface area (Å²) in [6, 6.07) is 5.59. The summed E-state index contributed by atoms with van der Waals surface area (Å²) in [6.07, 6.45) is 6.05. The SMILES string of the molecule is C=N/C(=N\C1=C(C)N(C)C(=O)CCN1C1CCCC1)Nc1ccc(C(=O)NC[C@@H]2CCNC2)cc1OC. The van der Waals surface area contributed by atoms with Gasteiger partial charge in [0.2, 0.25) is 11.9 Å². The van der Waals surface area contributed by atoms with Crippen molar-refractivity contribution >= 4 is 30.2 Å². The van der Waals surface area contributed by atoms with E-state index in [1.165, 1.54) is 12.8 Å². The van der Waals surface area contributed by atoms with Crippen LogP contribution in [0.3, 0.4) is 0 Å².